The quantitative estimate of drug-likeness (QED) is 0.190. The SMILES string of the molecule is CN1CCN(c2ccc(Br)c3c2C[C@H](NC(=O)c2ccc(C(F)(F)F)cc2)CC3)CC1.CN1CCN(c2cccc3c2C[C@H](NC(=O)c2ccc(C(F)(F)F)cc2)CC3)CC1. The van der Waals surface area contributed by atoms with E-state index >= 15 is 0 Å². The lowest BCUT2D eigenvalue weighted by Gasteiger charge is -2.37. The zero-order chi connectivity index (χ0) is 43.5. The van der Waals surface area contributed by atoms with Gasteiger partial charge in [-0.05, 0) is 142 Å². The van der Waals surface area contributed by atoms with E-state index in [1.54, 1.807) is 0 Å². The summed E-state index contributed by atoms with van der Waals surface area (Å²) in [7, 11) is 4.26. The fourth-order valence-electron chi connectivity index (χ4n) is 8.68. The summed E-state index contributed by atoms with van der Waals surface area (Å²) in [5.74, 6) is -0.660. The number of piperazine rings is 2. The van der Waals surface area contributed by atoms with E-state index in [0.29, 0.717) is 6.42 Å². The van der Waals surface area contributed by atoms with E-state index in [1.807, 2.05) is 0 Å². The predicted molar refractivity (Wildman–Crippen MR) is 229 cm³/mol. The molecule has 326 valence electrons. The minimum Gasteiger partial charge on any atom is -0.369 e. The lowest BCUT2D eigenvalue weighted by atomic mass is 9.86. The highest BCUT2D eigenvalue weighted by Gasteiger charge is 2.33. The number of aryl methyl sites for hydroxylation is 1. The zero-order valence-corrected chi connectivity index (χ0v) is 35.9. The van der Waals surface area contributed by atoms with Gasteiger partial charge in [0.15, 0.2) is 0 Å². The van der Waals surface area contributed by atoms with Crippen LogP contribution in [0.1, 0.15) is 66.9 Å². The van der Waals surface area contributed by atoms with Crippen LogP contribution in [-0.2, 0) is 38.0 Å². The largest absolute Gasteiger partial charge is 0.416 e. The predicted octanol–water partition coefficient (Wildman–Crippen LogP) is 8.25. The van der Waals surface area contributed by atoms with Crippen molar-refractivity contribution in [2.45, 2.75) is 63.0 Å². The van der Waals surface area contributed by atoms with Crippen molar-refractivity contribution >= 4 is 39.1 Å². The number of carbonyl (C=O) groups is 2. The summed E-state index contributed by atoms with van der Waals surface area (Å²) < 4.78 is 77.6. The molecule has 4 aromatic carbocycles. The van der Waals surface area contributed by atoms with Crippen LogP contribution in [0, 0.1) is 0 Å². The summed E-state index contributed by atoms with van der Waals surface area (Å²) in [6.45, 7) is 7.97. The van der Waals surface area contributed by atoms with E-state index in [1.165, 1.54) is 57.9 Å². The Hall–Kier alpha value is -4.60. The smallest absolute Gasteiger partial charge is 0.369 e. The van der Waals surface area contributed by atoms with Crippen LogP contribution in [0.2, 0.25) is 0 Å². The normalized spacial score (nSPS) is 19.9. The number of halogens is 7. The first-order chi connectivity index (χ1) is 29.0. The van der Waals surface area contributed by atoms with Crippen molar-refractivity contribution in [3.63, 3.8) is 0 Å². The van der Waals surface area contributed by atoms with Gasteiger partial charge in [0.2, 0.25) is 0 Å². The van der Waals surface area contributed by atoms with Gasteiger partial charge in [-0.2, -0.15) is 26.3 Å². The van der Waals surface area contributed by atoms with E-state index in [0.717, 1.165) is 113 Å². The van der Waals surface area contributed by atoms with Crippen LogP contribution in [0.4, 0.5) is 37.7 Å². The van der Waals surface area contributed by atoms with E-state index in [-0.39, 0.29) is 35.0 Å². The minimum absolute atomic E-state index is 0.0269. The molecule has 0 bridgehead atoms. The average molecular weight is 914 g/mol. The van der Waals surface area contributed by atoms with Crippen LogP contribution in [0.25, 0.3) is 0 Å². The van der Waals surface area contributed by atoms with Crippen LogP contribution in [-0.4, -0.2) is 100 Å². The Morgan fingerprint density at radius 1 is 0.557 bits per heavy atom. The maximum atomic E-state index is 12.8. The van der Waals surface area contributed by atoms with Crippen molar-refractivity contribution in [2.75, 3.05) is 76.3 Å². The third-order valence-electron chi connectivity index (χ3n) is 12.3. The molecule has 0 aromatic heterocycles. The molecule has 2 amide bonds. The fraction of sp³-hybridized carbons (Fsp3) is 0.435. The number of rotatable bonds is 6. The van der Waals surface area contributed by atoms with Gasteiger partial charge in [-0.3, -0.25) is 9.59 Å². The fourth-order valence-corrected chi connectivity index (χ4v) is 9.25. The molecule has 4 aromatic rings. The third-order valence-corrected chi connectivity index (χ3v) is 13.1. The Morgan fingerprint density at radius 2 is 1.00 bits per heavy atom. The Morgan fingerprint density at radius 3 is 1.48 bits per heavy atom. The maximum absolute atomic E-state index is 12.8. The second kappa shape index (κ2) is 18.8. The molecule has 8 rings (SSSR count). The third kappa shape index (κ3) is 10.9. The number of hydrogen-bond donors (Lipinski definition) is 2. The number of amides is 2. The van der Waals surface area contributed by atoms with Gasteiger partial charge in [-0.1, -0.05) is 28.1 Å². The van der Waals surface area contributed by atoms with Crippen LogP contribution in [0.5, 0.6) is 0 Å². The second-order valence-corrected chi connectivity index (χ2v) is 17.4. The monoisotopic (exact) mass is 912 g/mol. The molecule has 2 N–H and O–H groups in total. The maximum Gasteiger partial charge on any atom is 0.416 e. The first-order valence-corrected chi connectivity index (χ1v) is 21.6. The lowest BCUT2D eigenvalue weighted by Crippen LogP contribution is -2.45. The highest BCUT2D eigenvalue weighted by Crippen LogP contribution is 2.37. The van der Waals surface area contributed by atoms with Gasteiger partial charge < -0.3 is 30.2 Å². The van der Waals surface area contributed by atoms with E-state index in [4.69, 9.17) is 0 Å². The highest BCUT2D eigenvalue weighted by atomic mass is 79.9. The highest BCUT2D eigenvalue weighted by molar-refractivity contribution is 9.10. The summed E-state index contributed by atoms with van der Waals surface area (Å²) >= 11 is 3.67. The van der Waals surface area contributed by atoms with Crippen LogP contribution >= 0.6 is 15.9 Å². The molecular formula is C46H51BrF6N6O2. The van der Waals surface area contributed by atoms with Gasteiger partial charge in [0, 0.05) is 91.4 Å². The molecule has 0 spiro atoms. The summed E-state index contributed by atoms with van der Waals surface area (Å²) in [5, 5.41) is 6.05. The number of anilines is 2. The number of alkyl halides is 6. The number of fused-ring (bicyclic) bond motifs is 2. The Kier molecular flexibility index (Phi) is 13.7. The first-order valence-electron chi connectivity index (χ1n) is 20.8. The molecule has 61 heavy (non-hydrogen) atoms. The number of likely N-dealkylation sites (N-methyl/N-ethyl adjacent to an activating group) is 2. The van der Waals surface area contributed by atoms with Crippen LogP contribution in [0.3, 0.4) is 0 Å². The molecule has 0 saturated carbocycles. The van der Waals surface area contributed by atoms with Gasteiger partial charge in [-0.25, -0.2) is 0 Å². The van der Waals surface area contributed by atoms with E-state index in [9.17, 15) is 35.9 Å². The number of benzene rings is 4. The standard InChI is InChI=1S/C23H25BrF3N3O.C23H26F3N3O/c1-29-10-12-30(13-11-29)21-9-8-20(24)18-7-6-17(14-19(18)21)28-22(31)15-2-4-16(5-3-15)23(25,26)27;1-28-11-13-29(14-12-28)21-4-2-3-16-7-10-19(15-20(16)21)27-22(30)17-5-8-18(9-6-17)23(24,25)26/h2-5,8-9,17H,6-7,10-14H2,1H3,(H,28,31);2-6,8-9,19H,7,10-15H2,1H3,(H,27,30)/t17-;19-/m11/s1. The molecule has 15 heteroatoms. The lowest BCUT2D eigenvalue weighted by molar-refractivity contribution is -0.138. The molecule has 8 nitrogen and oxygen atoms in total. The summed E-state index contributed by atoms with van der Waals surface area (Å²) in [4.78, 5) is 34.7. The molecule has 2 aliphatic heterocycles. The number of nitrogens with one attached hydrogen (secondary N) is 2. The molecule has 2 atom stereocenters. The molecule has 2 aliphatic carbocycles. The van der Waals surface area contributed by atoms with Gasteiger partial charge in [0.25, 0.3) is 11.8 Å². The van der Waals surface area contributed by atoms with Gasteiger partial charge >= 0.3 is 12.4 Å². The Labute approximate surface area is 361 Å². The van der Waals surface area contributed by atoms with Gasteiger partial charge in [0.1, 0.15) is 0 Å². The summed E-state index contributed by atoms with van der Waals surface area (Å²) in [5.41, 5.74) is 6.61. The minimum atomic E-state index is -4.41. The Bertz CT molecular complexity index is 2170. The van der Waals surface area contributed by atoms with E-state index < -0.39 is 23.5 Å². The van der Waals surface area contributed by atoms with Crippen molar-refractivity contribution in [3.8, 4) is 0 Å². The molecule has 0 unspecified atom stereocenters. The van der Waals surface area contributed by atoms with Crippen LogP contribution < -0.4 is 20.4 Å². The Balaban J connectivity index is 0.000000184. The van der Waals surface area contributed by atoms with E-state index in [2.05, 4.69) is 90.6 Å². The topological polar surface area (TPSA) is 71.2 Å². The van der Waals surface area contributed by atoms with Crippen molar-refractivity contribution in [2.24, 2.45) is 0 Å². The van der Waals surface area contributed by atoms with Crippen molar-refractivity contribution in [1.82, 2.24) is 20.4 Å². The zero-order valence-electron chi connectivity index (χ0n) is 34.3. The summed E-state index contributed by atoms with van der Waals surface area (Å²) in [6, 6.07) is 19.4. The molecule has 2 fully saturated rings. The van der Waals surface area contributed by atoms with Gasteiger partial charge in [0.05, 0.1) is 11.1 Å². The van der Waals surface area contributed by atoms with Crippen LogP contribution in [0.15, 0.2) is 83.3 Å². The number of nitrogens with zero attached hydrogens (tertiary/aromatic N) is 4. The number of carbonyl (C=O) groups excluding carboxylic acids is 2. The summed E-state index contributed by atoms with van der Waals surface area (Å²) in [6.07, 6.45) is -4.01. The molecular weight excluding hydrogens is 862 g/mol. The molecule has 4 aliphatic rings. The molecule has 0 radical (unpaired) electrons. The van der Waals surface area contributed by atoms with Crippen molar-refractivity contribution in [1.29, 1.82) is 0 Å². The first kappa shape index (κ1) is 44.5. The molecule has 2 heterocycles. The molecule has 2 saturated heterocycles. The second-order valence-electron chi connectivity index (χ2n) is 16.5. The van der Waals surface area contributed by atoms with Gasteiger partial charge in [-0.15, -0.1) is 0 Å². The van der Waals surface area contributed by atoms with Crippen molar-refractivity contribution < 1.29 is 35.9 Å². The average Bonchev–Trinajstić information content (AvgIpc) is 3.24. The number of hydrogen-bond acceptors (Lipinski definition) is 6. The van der Waals surface area contributed by atoms with Crippen molar-refractivity contribution in [3.05, 3.63) is 128 Å².